The highest BCUT2D eigenvalue weighted by Gasteiger charge is 2.25. The molecule has 0 bridgehead atoms. The minimum atomic E-state index is -3.06. The molecular weight excluding hydrogens is 236 g/mol. The molecule has 0 amide bonds. The van der Waals surface area contributed by atoms with Crippen LogP contribution in [0.25, 0.3) is 0 Å². The van der Waals surface area contributed by atoms with Gasteiger partial charge in [0.05, 0.1) is 5.75 Å². The molecule has 0 aromatic carbocycles. The van der Waals surface area contributed by atoms with Gasteiger partial charge in [0.15, 0.2) is 0 Å². The Hall–Kier alpha value is -0.100. The highest BCUT2D eigenvalue weighted by atomic mass is 35.5. The van der Waals surface area contributed by atoms with Crippen molar-refractivity contribution in [3.63, 3.8) is 0 Å². The summed E-state index contributed by atoms with van der Waals surface area (Å²) in [5.41, 5.74) is 0. The fourth-order valence-electron chi connectivity index (χ4n) is 1.51. The highest BCUT2D eigenvalue weighted by molar-refractivity contribution is 7.89. The summed E-state index contributed by atoms with van der Waals surface area (Å²) in [7, 11) is -3.06. The number of sulfonamides is 1. The lowest BCUT2D eigenvalue weighted by Crippen LogP contribution is -2.51. The summed E-state index contributed by atoms with van der Waals surface area (Å²) in [6.07, 6.45) is 2.17. The Morgan fingerprint density at radius 3 is 2.80 bits per heavy atom. The summed E-state index contributed by atoms with van der Waals surface area (Å²) < 4.78 is 25.0. The summed E-state index contributed by atoms with van der Waals surface area (Å²) in [5.74, 6) is 0.184. The molecule has 0 aromatic heterocycles. The smallest absolute Gasteiger partial charge is 0.214 e. The number of piperazine rings is 1. The second kappa shape index (κ2) is 6.48. The Morgan fingerprint density at radius 1 is 1.60 bits per heavy atom. The Kier molecular flexibility index (Phi) is 6.43. The Bertz CT molecular complexity index is 292. The topological polar surface area (TPSA) is 49.4 Å². The van der Waals surface area contributed by atoms with Crippen LogP contribution in [0.4, 0.5) is 0 Å². The molecule has 0 unspecified atom stereocenters. The van der Waals surface area contributed by atoms with Crippen LogP contribution in [0.5, 0.6) is 0 Å². The van der Waals surface area contributed by atoms with Gasteiger partial charge in [-0.05, 0) is 13.3 Å². The predicted molar refractivity (Wildman–Crippen MR) is 64.9 cm³/mol. The van der Waals surface area contributed by atoms with Gasteiger partial charge in [-0.2, -0.15) is 4.31 Å². The highest BCUT2D eigenvalue weighted by Crippen LogP contribution is 2.07. The molecular formula is C9H19ClN2O2S. The Balaban J connectivity index is 0.00000196. The monoisotopic (exact) mass is 254 g/mol. The quantitative estimate of drug-likeness (QED) is 0.748. The van der Waals surface area contributed by atoms with Crippen LogP contribution in [-0.2, 0) is 10.0 Å². The number of halogens is 1. The third-order valence-corrected chi connectivity index (χ3v) is 4.17. The van der Waals surface area contributed by atoms with Crippen LogP contribution < -0.4 is 5.32 Å². The van der Waals surface area contributed by atoms with Gasteiger partial charge >= 0.3 is 0 Å². The summed E-state index contributed by atoms with van der Waals surface area (Å²) >= 11 is 0. The van der Waals surface area contributed by atoms with Gasteiger partial charge in [0.2, 0.25) is 10.0 Å². The maximum absolute atomic E-state index is 11.7. The van der Waals surface area contributed by atoms with E-state index in [0.717, 1.165) is 6.54 Å². The number of hydrogen-bond acceptors (Lipinski definition) is 3. The number of nitrogens with one attached hydrogen (secondary N) is 1. The zero-order valence-corrected chi connectivity index (χ0v) is 10.6. The minimum Gasteiger partial charge on any atom is -0.312 e. The van der Waals surface area contributed by atoms with E-state index in [4.69, 9.17) is 0 Å². The van der Waals surface area contributed by atoms with Crippen LogP contribution >= 0.6 is 12.4 Å². The van der Waals surface area contributed by atoms with Crippen molar-refractivity contribution in [2.24, 2.45) is 0 Å². The van der Waals surface area contributed by atoms with Gasteiger partial charge in [0.25, 0.3) is 0 Å². The zero-order valence-electron chi connectivity index (χ0n) is 8.98. The van der Waals surface area contributed by atoms with Crippen molar-refractivity contribution in [1.82, 2.24) is 9.62 Å². The van der Waals surface area contributed by atoms with E-state index in [1.807, 2.05) is 6.92 Å². The zero-order chi connectivity index (χ0) is 10.6. The molecule has 4 nitrogen and oxygen atoms in total. The van der Waals surface area contributed by atoms with Gasteiger partial charge in [-0.3, -0.25) is 0 Å². The molecule has 1 N–H and O–H groups in total. The molecule has 15 heavy (non-hydrogen) atoms. The molecule has 0 saturated carbocycles. The summed E-state index contributed by atoms with van der Waals surface area (Å²) in [6.45, 7) is 7.44. The molecule has 1 aliphatic heterocycles. The van der Waals surface area contributed by atoms with Crippen molar-refractivity contribution in [3.8, 4) is 0 Å². The van der Waals surface area contributed by atoms with E-state index in [1.54, 1.807) is 10.4 Å². The lowest BCUT2D eigenvalue weighted by molar-refractivity contribution is 0.310. The van der Waals surface area contributed by atoms with E-state index in [1.165, 1.54) is 0 Å². The van der Waals surface area contributed by atoms with Gasteiger partial charge in [-0.15, -0.1) is 19.0 Å². The molecule has 0 aliphatic carbocycles. The van der Waals surface area contributed by atoms with Crippen molar-refractivity contribution < 1.29 is 8.42 Å². The van der Waals surface area contributed by atoms with E-state index in [0.29, 0.717) is 19.5 Å². The van der Waals surface area contributed by atoms with E-state index < -0.39 is 10.0 Å². The summed E-state index contributed by atoms with van der Waals surface area (Å²) in [4.78, 5) is 0. The van der Waals surface area contributed by atoms with Gasteiger partial charge < -0.3 is 5.32 Å². The molecule has 1 rings (SSSR count). The lowest BCUT2D eigenvalue weighted by atomic mass is 10.3. The van der Waals surface area contributed by atoms with E-state index in [9.17, 15) is 8.42 Å². The van der Waals surface area contributed by atoms with E-state index in [2.05, 4.69) is 11.9 Å². The second-order valence-electron chi connectivity index (χ2n) is 3.61. The summed E-state index contributed by atoms with van der Waals surface area (Å²) in [5, 5.41) is 3.21. The van der Waals surface area contributed by atoms with Crippen molar-refractivity contribution in [3.05, 3.63) is 12.7 Å². The standard InChI is InChI=1S/C9H18N2O2S.ClH/c1-3-4-7-14(12,13)11-6-5-10-9(2)8-11;/h3,9-10H,1,4-8H2,2H3;1H/t9-;/m1./s1. The van der Waals surface area contributed by atoms with Crippen LogP contribution in [0.3, 0.4) is 0 Å². The van der Waals surface area contributed by atoms with Crippen molar-refractivity contribution >= 4 is 22.4 Å². The third kappa shape index (κ3) is 4.51. The second-order valence-corrected chi connectivity index (χ2v) is 5.70. The van der Waals surface area contributed by atoms with E-state index >= 15 is 0 Å². The number of nitrogens with zero attached hydrogens (tertiary/aromatic N) is 1. The maximum atomic E-state index is 11.7. The molecule has 0 aromatic rings. The molecule has 1 heterocycles. The van der Waals surface area contributed by atoms with Crippen LogP contribution in [0.1, 0.15) is 13.3 Å². The molecule has 1 fully saturated rings. The first kappa shape index (κ1) is 14.9. The Labute approximate surface area is 98.2 Å². The van der Waals surface area contributed by atoms with Crippen LogP contribution in [0, 0.1) is 0 Å². The van der Waals surface area contributed by atoms with Gasteiger partial charge in [0, 0.05) is 25.7 Å². The SMILES string of the molecule is C=CCCS(=O)(=O)N1CCN[C@H](C)C1.Cl. The molecule has 0 radical (unpaired) electrons. The molecule has 1 saturated heterocycles. The first-order valence-electron chi connectivity index (χ1n) is 4.88. The third-order valence-electron chi connectivity index (χ3n) is 2.30. The molecule has 6 heteroatoms. The van der Waals surface area contributed by atoms with Crippen molar-refractivity contribution in [2.75, 3.05) is 25.4 Å². The van der Waals surface area contributed by atoms with Gasteiger partial charge in [-0.25, -0.2) is 8.42 Å². The largest absolute Gasteiger partial charge is 0.312 e. The van der Waals surface area contributed by atoms with Crippen LogP contribution in [-0.4, -0.2) is 44.2 Å². The average molecular weight is 255 g/mol. The first-order valence-corrected chi connectivity index (χ1v) is 6.49. The minimum absolute atomic E-state index is 0. The fourth-order valence-corrected chi connectivity index (χ4v) is 3.05. The molecule has 90 valence electrons. The van der Waals surface area contributed by atoms with Crippen molar-refractivity contribution in [1.29, 1.82) is 0 Å². The summed E-state index contributed by atoms with van der Waals surface area (Å²) in [6, 6.07) is 0.252. The Morgan fingerprint density at radius 2 is 2.27 bits per heavy atom. The molecule has 0 spiro atoms. The fraction of sp³-hybridized carbons (Fsp3) is 0.778. The average Bonchev–Trinajstić information content (AvgIpc) is 2.15. The van der Waals surface area contributed by atoms with Crippen molar-refractivity contribution in [2.45, 2.75) is 19.4 Å². The lowest BCUT2D eigenvalue weighted by Gasteiger charge is -2.30. The van der Waals surface area contributed by atoms with Crippen LogP contribution in [0.2, 0.25) is 0 Å². The van der Waals surface area contributed by atoms with Gasteiger partial charge in [0.1, 0.15) is 0 Å². The molecule has 1 aliphatic rings. The van der Waals surface area contributed by atoms with E-state index in [-0.39, 0.29) is 24.2 Å². The normalized spacial score (nSPS) is 23.1. The predicted octanol–water partition coefficient (Wildman–Crippen LogP) is 0.608. The first-order chi connectivity index (χ1) is 6.56. The van der Waals surface area contributed by atoms with Crippen LogP contribution in [0.15, 0.2) is 12.7 Å². The molecule has 1 atom stereocenters. The number of allylic oxidation sites excluding steroid dienone is 1. The van der Waals surface area contributed by atoms with Gasteiger partial charge in [-0.1, -0.05) is 6.08 Å². The maximum Gasteiger partial charge on any atom is 0.214 e. The number of hydrogen-bond donors (Lipinski definition) is 1. The number of rotatable bonds is 4.